The molecule has 2 aromatic carbocycles. The van der Waals surface area contributed by atoms with Crippen molar-refractivity contribution in [3.05, 3.63) is 89.0 Å². The first-order valence-electron chi connectivity index (χ1n) is 16.1. The van der Waals surface area contributed by atoms with Crippen molar-refractivity contribution in [2.24, 2.45) is 0 Å². The second-order valence-electron chi connectivity index (χ2n) is 11.7. The van der Waals surface area contributed by atoms with Gasteiger partial charge in [0.05, 0.1) is 17.4 Å². The van der Waals surface area contributed by atoms with Crippen molar-refractivity contribution in [3.63, 3.8) is 0 Å². The lowest BCUT2D eigenvalue weighted by Crippen LogP contribution is -2.41. The Morgan fingerprint density at radius 3 is 2.14 bits per heavy atom. The van der Waals surface area contributed by atoms with Crippen molar-refractivity contribution in [3.8, 4) is 0 Å². The summed E-state index contributed by atoms with van der Waals surface area (Å²) in [6, 6.07) is 16.6. The third-order valence-electron chi connectivity index (χ3n) is 7.74. The number of rotatable bonds is 17. The molecule has 0 spiro atoms. The average Bonchev–Trinajstić information content (AvgIpc) is 3.43. The molecule has 0 bridgehead atoms. The zero-order valence-corrected chi connectivity index (χ0v) is 28.0. The molecule has 3 rings (SSSR count). The van der Waals surface area contributed by atoms with Crippen LogP contribution < -0.4 is 10.9 Å². The monoisotopic (exact) mass is 612 g/mol. The second kappa shape index (κ2) is 20.8. The third-order valence-corrected chi connectivity index (χ3v) is 8.47. The molecule has 0 aliphatic rings. The predicted molar refractivity (Wildman–Crippen MR) is 185 cm³/mol. The van der Waals surface area contributed by atoms with Gasteiger partial charge < -0.3 is 4.98 Å². The van der Waals surface area contributed by atoms with Crippen LogP contribution in [0, 0.1) is 0 Å². The largest absolute Gasteiger partial charge is 0.348 e. The molecular weight excluding hydrogens is 561 g/mol. The van der Waals surface area contributed by atoms with Crippen LogP contribution in [-0.4, -0.2) is 28.2 Å². The number of aromatic nitrogens is 2. The van der Waals surface area contributed by atoms with Crippen molar-refractivity contribution >= 4 is 40.8 Å². The quantitative estimate of drug-likeness (QED) is 0.0698. The summed E-state index contributed by atoms with van der Waals surface area (Å²) in [5.41, 5.74) is 6.39. The lowest BCUT2D eigenvalue weighted by atomic mass is 9.38. The van der Waals surface area contributed by atoms with Crippen molar-refractivity contribution in [2.45, 2.75) is 123 Å². The molecule has 0 fully saturated rings. The highest BCUT2D eigenvalue weighted by atomic mass is 35.5. The highest BCUT2D eigenvalue weighted by Gasteiger charge is 2.19. The molecule has 0 amide bonds. The van der Waals surface area contributed by atoms with Crippen LogP contribution in [0.4, 0.5) is 4.39 Å². The van der Waals surface area contributed by atoms with E-state index < -0.39 is 11.5 Å². The Kier molecular flexibility index (Phi) is 17.9. The zero-order valence-electron chi connectivity index (χ0n) is 26.5. The Balaban J connectivity index is 0.000000317. The fourth-order valence-corrected chi connectivity index (χ4v) is 5.33. The second-order valence-corrected chi connectivity index (χ2v) is 12.6. The van der Waals surface area contributed by atoms with Gasteiger partial charge in [0.1, 0.15) is 6.17 Å². The number of imidazole rings is 1. The van der Waals surface area contributed by atoms with E-state index in [1.807, 2.05) is 30.6 Å². The van der Waals surface area contributed by atoms with E-state index in [0.717, 1.165) is 23.2 Å². The van der Waals surface area contributed by atoms with Crippen molar-refractivity contribution in [2.75, 3.05) is 0 Å². The molecule has 0 saturated carbocycles. The van der Waals surface area contributed by atoms with Crippen molar-refractivity contribution < 1.29 is 4.39 Å². The van der Waals surface area contributed by atoms with E-state index in [9.17, 15) is 4.39 Å². The fraction of sp³-hybridized carbons (Fsp3) is 0.528. The maximum Gasteiger partial charge on any atom is 0.213 e. The van der Waals surface area contributed by atoms with Crippen LogP contribution in [0.2, 0.25) is 11.3 Å². The summed E-state index contributed by atoms with van der Waals surface area (Å²) in [7, 11) is 0. The number of nitrogens with one attached hydrogen (secondary N) is 1. The SMILES string of the molecule is CC(C)c1ccc(B(CC=CC(Cl)C(C)F)c2cccc(Cl)c2)cc1.CCCCCCc1nc[nH]c1CCCCCC. The summed E-state index contributed by atoms with van der Waals surface area (Å²) in [6.07, 6.45) is 18.2. The molecule has 2 unspecified atom stereocenters. The maximum absolute atomic E-state index is 13.2. The molecule has 230 valence electrons. The summed E-state index contributed by atoms with van der Waals surface area (Å²) in [6.45, 7) is 10.5. The first-order valence-corrected chi connectivity index (χ1v) is 16.9. The van der Waals surface area contributed by atoms with Gasteiger partial charge in [0, 0.05) is 10.7 Å². The molecule has 0 saturated heterocycles. The van der Waals surface area contributed by atoms with Crippen LogP contribution >= 0.6 is 23.2 Å². The van der Waals surface area contributed by atoms with Crippen LogP contribution in [0.25, 0.3) is 0 Å². The van der Waals surface area contributed by atoms with E-state index in [0.29, 0.717) is 5.92 Å². The van der Waals surface area contributed by atoms with Crippen LogP contribution in [0.1, 0.15) is 109 Å². The standard InChI is InChI=1S/C21H24BCl2F.C15H28N2/c1-15(2)17-9-11-18(12-10-17)22(13-5-8-21(24)16(3)25)19-6-4-7-20(23)14-19;1-3-5-7-9-11-14-15(17-13-16-14)12-10-8-6-4-2/h4-12,14-16,21H,13H2,1-3H3;13H,3-12H2,1-2H3,(H,16,17). The van der Waals surface area contributed by atoms with E-state index >= 15 is 0 Å². The number of alkyl halides is 2. The molecular formula is C36H52BCl2FN2. The number of allylic oxidation sites excluding steroid dienone is 2. The molecule has 2 nitrogen and oxygen atoms in total. The number of hydrogen-bond donors (Lipinski definition) is 1. The Hall–Kier alpha value is -2.04. The summed E-state index contributed by atoms with van der Waals surface area (Å²) >= 11 is 12.2. The third kappa shape index (κ3) is 13.5. The van der Waals surface area contributed by atoms with E-state index in [4.69, 9.17) is 23.2 Å². The van der Waals surface area contributed by atoms with E-state index in [-0.39, 0.29) is 6.71 Å². The summed E-state index contributed by atoms with van der Waals surface area (Å²) in [5.74, 6) is 0.501. The minimum atomic E-state index is -1.06. The Morgan fingerprint density at radius 1 is 0.881 bits per heavy atom. The van der Waals surface area contributed by atoms with Crippen LogP contribution in [0.15, 0.2) is 67.0 Å². The maximum atomic E-state index is 13.2. The Morgan fingerprint density at radius 2 is 1.55 bits per heavy atom. The Labute approximate surface area is 266 Å². The molecule has 0 aliphatic carbocycles. The predicted octanol–water partition coefficient (Wildman–Crippen LogP) is 10.2. The molecule has 1 N–H and O–H groups in total. The van der Waals surface area contributed by atoms with Gasteiger partial charge >= 0.3 is 0 Å². The van der Waals surface area contributed by atoms with Crippen LogP contribution in [0.3, 0.4) is 0 Å². The van der Waals surface area contributed by atoms with E-state index in [1.165, 1.54) is 87.1 Å². The molecule has 3 aromatic rings. The molecule has 0 aliphatic heterocycles. The van der Waals surface area contributed by atoms with E-state index in [1.54, 1.807) is 6.08 Å². The van der Waals surface area contributed by atoms with Gasteiger partial charge in [-0.05, 0) is 62.5 Å². The first kappa shape index (κ1) is 36.2. The molecule has 42 heavy (non-hydrogen) atoms. The van der Waals surface area contributed by atoms with Gasteiger partial charge in [0.15, 0.2) is 0 Å². The smallest absolute Gasteiger partial charge is 0.213 e. The number of benzene rings is 2. The lowest BCUT2D eigenvalue weighted by molar-refractivity contribution is 0.369. The number of halogens is 3. The Bertz CT molecular complexity index is 1120. The minimum absolute atomic E-state index is 0.162. The number of aryl methyl sites for hydroxylation is 2. The normalized spacial score (nSPS) is 12.8. The van der Waals surface area contributed by atoms with Gasteiger partial charge in [-0.25, -0.2) is 9.37 Å². The lowest BCUT2D eigenvalue weighted by Gasteiger charge is -2.15. The van der Waals surface area contributed by atoms with Crippen molar-refractivity contribution in [1.82, 2.24) is 9.97 Å². The zero-order chi connectivity index (χ0) is 30.7. The van der Waals surface area contributed by atoms with Gasteiger partial charge in [-0.2, -0.15) is 0 Å². The highest BCUT2D eigenvalue weighted by Crippen LogP contribution is 2.15. The van der Waals surface area contributed by atoms with Gasteiger partial charge in [-0.1, -0.05) is 137 Å². The number of aromatic amines is 1. The van der Waals surface area contributed by atoms with Gasteiger partial charge in [-0.3, -0.25) is 0 Å². The number of H-pyrrole nitrogens is 1. The summed E-state index contributed by atoms with van der Waals surface area (Å²) in [5, 5.41) is 0.126. The number of nitrogens with zero attached hydrogens (tertiary/aromatic N) is 1. The average molecular weight is 614 g/mol. The van der Waals surface area contributed by atoms with Gasteiger partial charge in [0.2, 0.25) is 6.71 Å². The van der Waals surface area contributed by atoms with E-state index in [2.05, 4.69) is 68.0 Å². The molecule has 2 atom stereocenters. The summed E-state index contributed by atoms with van der Waals surface area (Å²) < 4.78 is 13.2. The number of hydrogen-bond acceptors (Lipinski definition) is 1. The molecule has 1 heterocycles. The summed E-state index contributed by atoms with van der Waals surface area (Å²) in [4.78, 5) is 7.77. The first-order chi connectivity index (χ1) is 20.3. The molecule has 0 radical (unpaired) electrons. The highest BCUT2D eigenvalue weighted by molar-refractivity contribution is 6.85. The van der Waals surface area contributed by atoms with Crippen LogP contribution in [0.5, 0.6) is 0 Å². The molecule has 1 aromatic heterocycles. The van der Waals surface area contributed by atoms with Gasteiger partial charge in [-0.15, -0.1) is 11.6 Å². The number of unbranched alkanes of at least 4 members (excludes halogenated alkanes) is 6. The van der Waals surface area contributed by atoms with Gasteiger partial charge in [0.25, 0.3) is 0 Å². The van der Waals surface area contributed by atoms with Crippen molar-refractivity contribution in [1.29, 1.82) is 0 Å². The minimum Gasteiger partial charge on any atom is -0.348 e. The topological polar surface area (TPSA) is 28.7 Å². The van der Waals surface area contributed by atoms with Crippen LogP contribution in [-0.2, 0) is 12.8 Å². The molecule has 6 heteroatoms. The fourth-order valence-electron chi connectivity index (χ4n) is 5.03.